The summed E-state index contributed by atoms with van der Waals surface area (Å²) in [4.78, 5) is 39.0. The Bertz CT molecular complexity index is 696. The first kappa shape index (κ1) is 32.8. The summed E-state index contributed by atoms with van der Waals surface area (Å²) in [6.07, 6.45) is 25.5. The lowest BCUT2D eigenvalue weighted by molar-refractivity contribution is -0.149. The number of likely N-dealkylation sites (tertiary alicyclic amines) is 2. The molecule has 0 atom stereocenters. The number of hydrogen-bond acceptors (Lipinski definition) is 3. The predicted octanol–water partition coefficient (Wildman–Crippen LogP) is 8.58. The van der Waals surface area contributed by atoms with Crippen molar-refractivity contribution in [2.75, 3.05) is 6.54 Å². The molecular weight excluding hydrogens is 472 g/mol. The molecule has 3 amide bonds. The fraction of sp³-hybridized carbons (Fsp3) is 0.909. The van der Waals surface area contributed by atoms with Gasteiger partial charge < -0.3 is 4.90 Å². The van der Waals surface area contributed by atoms with Crippen LogP contribution in [-0.4, -0.2) is 45.1 Å². The van der Waals surface area contributed by atoms with E-state index in [4.69, 9.17) is 0 Å². The first-order valence-electron chi connectivity index (χ1n) is 16.2. The maximum Gasteiger partial charge on any atom is 0.229 e. The van der Waals surface area contributed by atoms with E-state index in [1.165, 1.54) is 101 Å². The average Bonchev–Trinajstić information content (AvgIpc) is 3.13. The molecule has 2 fully saturated rings. The van der Waals surface area contributed by atoms with E-state index < -0.39 is 0 Å². The van der Waals surface area contributed by atoms with E-state index in [1.54, 1.807) is 6.92 Å². The number of rotatable bonds is 19. The fourth-order valence-corrected chi connectivity index (χ4v) is 7.59. The molecular formula is C33H60N2O3. The normalized spacial score (nSPS) is 19.5. The second-order valence-electron chi connectivity index (χ2n) is 13.6. The number of nitrogens with zero attached hydrogens (tertiary/aromatic N) is 2. The van der Waals surface area contributed by atoms with Crippen LogP contribution in [0.5, 0.6) is 0 Å². The van der Waals surface area contributed by atoms with Crippen molar-refractivity contribution in [3.8, 4) is 0 Å². The minimum absolute atomic E-state index is 0.0263. The van der Waals surface area contributed by atoms with Gasteiger partial charge in [-0.2, -0.15) is 0 Å². The number of imide groups is 1. The second kappa shape index (κ2) is 16.7. The molecule has 0 radical (unpaired) electrons. The van der Waals surface area contributed by atoms with Crippen LogP contribution >= 0.6 is 0 Å². The number of piperidine rings is 1. The van der Waals surface area contributed by atoms with Crippen molar-refractivity contribution in [2.45, 2.75) is 181 Å². The summed E-state index contributed by atoms with van der Waals surface area (Å²) in [5, 5.41) is 0. The zero-order valence-electron chi connectivity index (χ0n) is 25.8. The van der Waals surface area contributed by atoms with Crippen LogP contribution in [0, 0.1) is 5.92 Å². The fourth-order valence-electron chi connectivity index (χ4n) is 7.59. The van der Waals surface area contributed by atoms with Crippen LogP contribution in [0.3, 0.4) is 0 Å². The molecule has 0 unspecified atom stereocenters. The number of unbranched alkanes of at least 4 members (excludes halogenated alkanes) is 15. The third-order valence-corrected chi connectivity index (χ3v) is 9.00. The summed E-state index contributed by atoms with van der Waals surface area (Å²) in [7, 11) is 0. The molecule has 2 saturated heterocycles. The molecule has 5 heteroatoms. The largest absolute Gasteiger partial charge is 0.333 e. The van der Waals surface area contributed by atoms with Gasteiger partial charge >= 0.3 is 0 Å². The van der Waals surface area contributed by atoms with Gasteiger partial charge in [0.1, 0.15) is 0 Å². The highest BCUT2D eigenvalue weighted by Crippen LogP contribution is 2.43. The Labute approximate surface area is 234 Å². The van der Waals surface area contributed by atoms with Crippen molar-refractivity contribution in [1.29, 1.82) is 0 Å². The van der Waals surface area contributed by atoms with E-state index in [-0.39, 0.29) is 28.8 Å². The van der Waals surface area contributed by atoms with Gasteiger partial charge in [0, 0.05) is 37.4 Å². The first-order chi connectivity index (χ1) is 18.0. The molecule has 0 aliphatic carbocycles. The highest BCUT2D eigenvalue weighted by Gasteiger charge is 2.46. The molecule has 220 valence electrons. The lowest BCUT2D eigenvalue weighted by Gasteiger charge is -2.55. The summed E-state index contributed by atoms with van der Waals surface area (Å²) >= 11 is 0. The number of amides is 3. The highest BCUT2D eigenvalue weighted by molar-refractivity contribution is 6.01. The van der Waals surface area contributed by atoms with E-state index in [1.807, 2.05) is 0 Å². The van der Waals surface area contributed by atoms with Crippen molar-refractivity contribution >= 4 is 17.7 Å². The standard InChI is InChI=1S/C33H60N2O3/c1-28(36)35-32(2,3)26-29(27-33(35,4)5)22-20-18-16-14-12-10-8-6-7-9-11-13-15-17-19-21-25-34-30(37)23-24-31(34)38/h29H,6-27H2,1-5H3. The van der Waals surface area contributed by atoms with Crippen LogP contribution in [0.4, 0.5) is 0 Å². The van der Waals surface area contributed by atoms with Crippen LogP contribution in [0.2, 0.25) is 0 Å². The molecule has 0 bridgehead atoms. The Morgan fingerprint density at radius 2 is 0.974 bits per heavy atom. The van der Waals surface area contributed by atoms with Gasteiger partial charge in [-0.3, -0.25) is 19.3 Å². The molecule has 0 N–H and O–H groups in total. The molecule has 5 nitrogen and oxygen atoms in total. The van der Waals surface area contributed by atoms with E-state index in [0.29, 0.717) is 19.4 Å². The summed E-state index contributed by atoms with van der Waals surface area (Å²) in [6.45, 7) is 11.4. The Morgan fingerprint density at radius 1 is 0.632 bits per heavy atom. The van der Waals surface area contributed by atoms with Gasteiger partial charge in [0.2, 0.25) is 17.7 Å². The maximum atomic E-state index is 12.2. The van der Waals surface area contributed by atoms with Crippen molar-refractivity contribution in [2.24, 2.45) is 5.92 Å². The van der Waals surface area contributed by atoms with Crippen LogP contribution < -0.4 is 0 Å². The minimum atomic E-state index is -0.0295. The molecule has 0 saturated carbocycles. The Morgan fingerprint density at radius 3 is 1.34 bits per heavy atom. The van der Waals surface area contributed by atoms with Gasteiger partial charge in [-0.15, -0.1) is 0 Å². The van der Waals surface area contributed by atoms with E-state index >= 15 is 0 Å². The molecule has 0 aromatic heterocycles. The van der Waals surface area contributed by atoms with Crippen molar-refractivity contribution in [3.05, 3.63) is 0 Å². The molecule has 2 heterocycles. The number of carbonyl (C=O) groups is 3. The molecule has 2 aliphatic rings. The molecule has 0 aromatic carbocycles. The zero-order chi connectivity index (χ0) is 28.0. The quantitative estimate of drug-likeness (QED) is 0.124. The van der Waals surface area contributed by atoms with Gasteiger partial charge in [0.25, 0.3) is 0 Å². The molecule has 2 rings (SSSR count). The molecule has 0 spiro atoms. The van der Waals surface area contributed by atoms with Gasteiger partial charge in [0.15, 0.2) is 0 Å². The third-order valence-electron chi connectivity index (χ3n) is 9.00. The SMILES string of the molecule is CC(=O)N1C(C)(C)CC(CCCCCCCCCCCCCCCCCCN2C(=O)CCC2=O)CC1(C)C. The highest BCUT2D eigenvalue weighted by atomic mass is 16.2. The van der Waals surface area contributed by atoms with Gasteiger partial charge in [-0.05, 0) is 52.9 Å². The Kier molecular flexibility index (Phi) is 14.4. The van der Waals surface area contributed by atoms with Crippen LogP contribution in [0.1, 0.15) is 169 Å². The third kappa shape index (κ3) is 11.4. The first-order valence-corrected chi connectivity index (χ1v) is 16.2. The van der Waals surface area contributed by atoms with E-state index in [0.717, 1.165) is 31.6 Å². The van der Waals surface area contributed by atoms with Crippen LogP contribution in [-0.2, 0) is 14.4 Å². The van der Waals surface area contributed by atoms with Crippen LogP contribution in [0.25, 0.3) is 0 Å². The van der Waals surface area contributed by atoms with Gasteiger partial charge in [-0.25, -0.2) is 0 Å². The van der Waals surface area contributed by atoms with E-state index in [9.17, 15) is 14.4 Å². The maximum absolute atomic E-state index is 12.2. The van der Waals surface area contributed by atoms with Crippen LogP contribution in [0.15, 0.2) is 0 Å². The number of hydrogen-bond donors (Lipinski definition) is 0. The summed E-state index contributed by atoms with van der Waals surface area (Å²) in [5.41, 5.74) is -0.0589. The Hall–Kier alpha value is -1.39. The Balaban J connectivity index is 1.33. The zero-order valence-corrected chi connectivity index (χ0v) is 25.8. The predicted molar refractivity (Wildman–Crippen MR) is 158 cm³/mol. The summed E-state index contributed by atoms with van der Waals surface area (Å²) in [6, 6.07) is 0. The van der Waals surface area contributed by atoms with Crippen molar-refractivity contribution in [3.63, 3.8) is 0 Å². The average molecular weight is 533 g/mol. The van der Waals surface area contributed by atoms with Crippen molar-refractivity contribution < 1.29 is 14.4 Å². The van der Waals surface area contributed by atoms with E-state index in [2.05, 4.69) is 32.6 Å². The van der Waals surface area contributed by atoms with Gasteiger partial charge in [0.05, 0.1) is 0 Å². The number of carbonyl (C=O) groups excluding carboxylic acids is 3. The second-order valence-corrected chi connectivity index (χ2v) is 13.6. The van der Waals surface area contributed by atoms with Crippen molar-refractivity contribution in [1.82, 2.24) is 9.80 Å². The summed E-state index contributed by atoms with van der Waals surface area (Å²) < 4.78 is 0. The lowest BCUT2D eigenvalue weighted by atomic mass is 9.72. The molecule has 38 heavy (non-hydrogen) atoms. The smallest absolute Gasteiger partial charge is 0.229 e. The van der Waals surface area contributed by atoms with Gasteiger partial charge in [-0.1, -0.05) is 103 Å². The monoisotopic (exact) mass is 532 g/mol. The molecule has 0 aromatic rings. The topological polar surface area (TPSA) is 57.7 Å². The summed E-state index contributed by atoms with van der Waals surface area (Å²) in [5.74, 6) is 1.01. The molecule has 2 aliphatic heterocycles. The minimum Gasteiger partial charge on any atom is -0.333 e. The lowest BCUT2D eigenvalue weighted by Crippen LogP contribution is -2.62.